The Bertz CT molecular complexity index is 559. The van der Waals surface area contributed by atoms with Crippen molar-refractivity contribution >= 4 is 17.5 Å². The summed E-state index contributed by atoms with van der Waals surface area (Å²) in [6.45, 7) is 5.79. The van der Waals surface area contributed by atoms with Crippen LogP contribution in [-0.2, 0) is 20.7 Å². The summed E-state index contributed by atoms with van der Waals surface area (Å²) < 4.78 is 5.28. The number of rotatable bonds is 8. The summed E-state index contributed by atoms with van der Waals surface area (Å²) in [4.78, 5) is 27.0. The number of nitrogens with one attached hydrogen (secondary N) is 1. The third-order valence-corrected chi connectivity index (χ3v) is 4.33. The average Bonchev–Trinajstić information content (AvgIpc) is 2.75. The summed E-state index contributed by atoms with van der Waals surface area (Å²) in [5, 5.41) is 2.95. The van der Waals surface area contributed by atoms with E-state index in [1.807, 2.05) is 38.1 Å². The highest BCUT2D eigenvalue weighted by Gasteiger charge is 2.32. The molecule has 1 N–H and O–H groups in total. The molecule has 0 aliphatic carbocycles. The molecule has 0 fully saturated rings. The molecule has 0 spiro atoms. The fraction of sp³-hybridized carbons (Fsp3) is 0.579. The van der Waals surface area contributed by atoms with Gasteiger partial charge in [-0.25, -0.2) is 0 Å². The number of para-hydroxylation sites is 1. The maximum Gasteiger partial charge on any atom is 0.243 e. The van der Waals surface area contributed by atoms with Crippen LogP contribution in [0, 0.1) is 0 Å². The number of nitrogens with zero attached hydrogens (tertiary/aromatic N) is 1. The van der Waals surface area contributed by atoms with Gasteiger partial charge in [0.1, 0.15) is 6.04 Å². The predicted octanol–water partition coefficient (Wildman–Crippen LogP) is 2.68. The molecule has 5 heteroatoms. The van der Waals surface area contributed by atoms with Crippen molar-refractivity contribution in [2.75, 3.05) is 24.7 Å². The van der Waals surface area contributed by atoms with Crippen molar-refractivity contribution in [2.45, 2.75) is 52.0 Å². The van der Waals surface area contributed by atoms with E-state index in [-0.39, 0.29) is 11.8 Å². The van der Waals surface area contributed by atoms with Gasteiger partial charge < -0.3 is 10.1 Å². The molecule has 2 amide bonds. The van der Waals surface area contributed by atoms with Gasteiger partial charge in [-0.15, -0.1) is 0 Å². The fourth-order valence-electron chi connectivity index (χ4n) is 3.12. The van der Waals surface area contributed by atoms with Gasteiger partial charge in [-0.05, 0) is 44.2 Å². The fourth-order valence-corrected chi connectivity index (χ4v) is 3.12. The van der Waals surface area contributed by atoms with Crippen molar-refractivity contribution in [3.8, 4) is 0 Å². The second-order valence-electron chi connectivity index (χ2n) is 6.01. The standard InChI is InChI=1S/C19H28N2O3/c1-3-16(19(23)20-13-8-14-24-4-2)21-17-11-6-5-9-15(17)10-7-12-18(21)22/h5-6,9,11,16H,3-4,7-8,10,12-14H2,1-2H3,(H,20,23)/t16-/m0/s1. The van der Waals surface area contributed by atoms with E-state index >= 15 is 0 Å². The number of aryl methyl sites for hydroxylation is 1. The van der Waals surface area contributed by atoms with E-state index in [0.29, 0.717) is 32.6 Å². The van der Waals surface area contributed by atoms with Crippen molar-refractivity contribution in [1.82, 2.24) is 5.32 Å². The molecule has 1 aliphatic heterocycles. The Morgan fingerprint density at radius 1 is 1.29 bits per heavy atom. The first-order valence-electron chi connectivity index (χ1n) is 8.94. The van der Waals surface area contributed by atoms with Crippen molar-refractivity contribution in [3.63, 3.8) is 0 Å². The summed E-state index contributed by atoms with van der Waals surface area (Å²) >= 11 is 0. The highest BCUT2D eigenvalue weighted by molar-refractivity contribution is 6.01. The average molecular weight is 332 g/mol. The van der Waals surface area contributed by atoms with Gasteiger partial charge in [-0.2, -0.15) is 0 Å². The predicted molar refractivity (Wildman–Crippen MR) is 95.1 cm³/mol. The molecule has 1 atom stereocenters. The zero-order valence-electron chi connectivity index (χ0n) is 14.7. The molecule has 2 rings (SSSR count). The van der Waals surface area contributed by atoms with Crippen LogP contribution in [0.15, 0.2) is 24.3 Å². The molecular formula is C19H28N2O3. The number of ether oxygens (including phenoxy) is 1. The zero-order chi connectivity index (χ0) is 17.4. The van der Waals surface area contributed by atoms with E-state index < -0.39 is 6.04 Å². The zero-order valence-corrected chi connectivity index (χ0v) is 14.7. The molecule has 1 heterocycles. The van der Waals surface area contributed by atoms with Crippen LogP contribution < -0.4 is 10.2 Å². The number of carbonyl (C=O) groups is 2. The minimum atomic E-state index is -0.455. The van der Waals surface area contributed by atoms with Gasteiger partial charge in [0.15, 0.2) is 0 Å². The van der Waals surface area contributed by atoms with Crippen LogP contribution in [-0.4, -0.2) is 37.6 Å². The van der Waals surface area contributed by atoms with Gasteiger partial charge in [-0.1, -0.05) is 25.1 Å². The number of hydrogen-bond donors (Lipinski definition) is 1. The lowest BCUT2D eigenvalue weighted by Gasteiger charge is -2.30. The lowest BCUT2D eigenvalue weighted by atomic mass is 10.1. The van der Waals surface area contributed by atoms with Gasteiger partial charge in [-0.3, -0.25) is 14.5 Å². The van der Waals surface area contributed by atoms with E-state index in [1.54, 1.807) is 4.90 Å². The van der Waals surface area contributed by atoms with Crippen LogP contribution in [0.25, 0.3) is 0 Å². The molecule has 0 saturated heterocycles. The maximum atomic E-state index is 12.6. The third-order valence-electron chi connectivity index (χ3n) is 4.33. The first-order chi connectivity index (χ1) is 11.7. The number of benzene rings is 1. The van der Waals surface area contributed by atoms with Gasteiger partial charge >= 0.3 is 0 Å². The van der Waals surface area contributed by atoms with Crippen LogP contribution in [0.3, 0.4) is 0 Å². The minimum absolute atomic E-state index is 0.0382. The van der Waals surface area contributed by atoms with Crippen LogP contribution in [0.2, 0.25) is 0 Å². The molecule has 0 bridgehead atoms. The van der Waals surface area contributed by atoms with Crippen LogP contribution >= 0.6 is 0 Å². The molecule has 5 nitrogen and oxygen atoms in total. The summed E-state index contributed by atoms with van der Waals surface area (Å²) in [6.07, 6.45) is 3.57. The normalized spacial score (nSPS) is 15.6. The van der Waals surface area contributed by atoms with E-state index in [2.05, 4.69) is 5.32 Å². The number of carbonyl (C=O) groups excluding carboxylic acids is 2. The highest BCUT2D eigenvalue weighted by atomic mass is 16.5. The van der Waals surface area contributed by atoms with Crippen molar-refractivity contribution < 1.29 is 14.3 Å². The monoisotopic (exact) mass is 332 g/mol. The molecule has 24 heavy (non-hydrogen) atoms. The molecule has 0 unspecified atom stereocenters. The van der Waals surface area contributed by atoms with Gasteiger partial charge in [0.05, 0.1) is 0 Å². The Balaban J connectivity index is 2.10. The summed E-state index contributed by atoms with van der Waals surface area (Å²) in [6, 6.07) is 7.46. The van der Waals surface area contributed by atoms with E-state index in [0.717, 1.165) is 30.5 Å². The first-order valence-corrected chi connectivity index (χ1v) is 8.94. The second-order valence-corrected chi connectivity index (χ2v) is 6.01. The lowest BCUT2D eigenvalue weighted by Crippen LogP contribution is -2.49. The summed E-state index contributed by atoms with van der Waals surface area (Å²) in [5.41, 5.74) is 2.03. The van der Waals surface area contributed by atoms with Crippen LogP contribution in [0.4, 0.5) is 5.69 Å². The summed E-state index contributed by atoms with van der Waals surface area (Å²) in [5.74, 6) is -0.0460. The minimum Gasteiger partial charge on any atom is -0.382 e. The smallest absolute Gasteiger partial charge is 0.243 e. The Kier molecular flexibility index (Phi) is 7.25. The van der Waals surface area contributed by atoms with Crippen molar-refractivity contribution in [2.24, 2.45) is 0 Å². The number of amides is 2. The van der Waals surface area contributed by atoms with Gasteiger partial charge in [0.25, 0.3) is 0 Å². The van der Waals surface area contributed by atoms with E-state index in [9.17, 15) is 9.59 Å². The maximum absolute atomic E-state index is 12.6. The molecule has 0 radical (unpaired) electrons. The lowest BCUT2D eigenvalue weighted by molar-refractivity contribution is -0.126. The molecule has 132 valence electrons. The number of fused-ring (bicyclic) bond motifs is 1. The Morgan fingerprint density at radius 2 is 2.08 bits per heavy atom. The Labute approximate surface area is 144 Å². The molecule has 1 aromatic rings. The second kappa shape index (κ2) is 9.42. The largest absolute Gasteiger partial charge is 0.382 e. The van der Waals surface area contributed by atoms with Crippen molar-refractivity contribution in [3.05, 3.63) is 29.8 Å². The molecule has 1 aromatic carbocycles. The Morgan fingerprint density at radius 3 is 2.83 bits per heavy atom. The van der Waals surface area contributed by atoms with Gasteiger partial charge in [0, 0.05) is 31.9 Å². The molecular weight excluding hydrogens is 304 g/mol. The Hall–Kier alpha value is -1.88. The van der Waals surface area contributed by atoms with E-state index in [4.69, 9.17) is 4.74 Å². The number of hydrogen-bond acceptors (Lipinski definition) is 3. The molecule has 0 saturated carbocycles. The first kappa shape index (κ1) is 18.5. The van der Waals surface area contributed by atoms with Gasteiger partial charge in [0.2, 0.25) is 11.8 Å². The molecule has 0 aromatic heterocycles. The summed E-state index contributed by atoms with van der Waals surface area (Å²) in [7, 11) is 0. The topological polar surface area (TPSA) is 58.6 Å². The third kappa shape index (κ3) is 4.57. The quantitative estimate of drug-likeness (QED) is 0.745. The SMILES string of the molecule is CCOCCCNC(=O)[C@H](CC)N1C(=O)CCCc2ccccc21. The van der Waals surface area contributed by atoms with Crippen LogP contribution in [0.5, 0.6) is 0 Å². The number of anilines is 1. The van der Waals surface area contributed by atoms with Crippen molar-refractivity contribution in [1.29, 1.82) is 0 Å². The highest BCUT2D eigenvalue weighted by Crippen LogP contribution is 2.29. The van der Waals surface area contributed by atoms with Crippen LogP contribution in [0.1, 0.15) is 45.1 Å². The molecule has 1 aliphatic rings. The van der Waals surface area contributed by atoms with E-state index in [1.165, 1.54) is 0 Å².